The Kier molecular flexibility index (Phi) is 4.66. The number of hydrogen-bond acceptors (Lipinski definition) is 6. The highest BCUT2D eigenvalue weighted by atomic mass is 16.1. The van der Waals surface area contributed by atoms with E-state index in [0.717, 1.165) is 56.4 Å². The highest BCUT2D eigenvalue weighted by Crippen LogP contribution is 2.32. The predicted octanol–water partition coefficient (Wildman–Crippen LogP) is 3.99. The zero-order chi connectivity index (χ0) is 22.5. The van der Waals surface area contributed by atoms with Crippen molar-refractivity contribution in [1.29, 1.82) is 5.26 Å². The Morgan fingerprint density at radius 2 is 2.09 bits per heavy atom. The largest absolute Gasteiger partial charge is 0.358 e. The Labute approximate surface area is 190 Å². The fourth-order valence-electron chi connectivity index (χ4n) is 5.33. The van der Waals surface area contributed by atoms with Gasteiger partial charge in [-0.2, -0.15) is 10.2 Å². The first-order chi connectivity index (χ1) is 16.1. The van der Waals surface area contributed by atoms with Gasteiger partial charge in [0.25, 0.3) is 5.56 Å². The topological polar surface area (TPSA) is 103 Å². The quantitative estimate of drug-likeness (QED) is 0.500. The second-order valence-electron chi connectivity index (χ2n) is 9.21. The number of nitrogens with one attached hydrogen (secondary N) is 2. The van der Waals surface area contributed by atoms with Crippen molar-refractivity contribution in [2.24, 2.45) is 0 Å². The van der Waals surface area contributed by atoms with Gasteiger partial charge < -0.3 is 15.2 Å². The number of H-pyrrole nitrogens is 1. The minimum Gasteiger partial charge on any atom is -0.358 e. The summed E-state index contributed by atoms with van der Waals surface area (Å²) >= 11 is 0. The Hall–Kier alpha value is -3.70. The third-order valence-corrected chi connectivity index (χ3v) is 7.01. The molecule has 2 N–H and O–H groups in total. The molecule has 4 aromatic rings. The van der Waals surface area contributed by atoms with Crippen molar-refractivity contribution in [3.05, 3.63) is 57.6 Å². The molecule has 1 aliphatic heterocycles. The maximum Gasteiger partial charge on any atom is 0.270 e. The van der Waals surface area contributed by atoms with Crippen molar-refractivity contribution in [2.75, 3.05) is 18.9 Å². The zero-order valence-corrected chi connectivity index (χ0v) is 18.6. The molecule has 1 aromatic carbocycles. The lowest BCUT2D eigenvalue weighted by atomic mass is 10.0. The molecular weight excluding hydrogens is 414 g/mol. The molecule has 2 aliphatic rings. The van der Waals surface area contributed by atoms with Crippen molar-refractivity contribution >= 4 is 33.6 Å². The fraction of sp³-hybridized carbons (Fsp3) is 0.360. The standard InChI is InChI=1S/C25H25N7O/c1-31-9-8-21-20(14-31)19-7-6-17(11-22(19)29-21)28-25-27-13-16-10-15(12-26)24(33)32(23(16)30-25)18-4-2-3-5-18/h6-7,10-11,13,18,29H,2-5,8-9,14H2,1H3,(H,27,28,30). The lowest BCUT2D eigenvalue weighted by molar-refractivity contribution is 0.313. The molecule has 1 fully saturated rings. The summed E-state index contributed by atoms with van der Waals surface area (Å²) in [4.78, 5) is 28.1. The molecular formula is C25H25N7O. The first kappa shape index (κ1) is 19.9. The lowest BCUT2D eigenvalue weighted by Gasteiger charge is -2.22. The van der Waals surface area contributed by atoms with Gasteiger partial charge in [-0.1, -0.05) is 18.9 Å². The number of aromatic amines is 1. The van der Waals surface area contributed by atoms with E-state index in [2.05, 4.69) is 39.4 Å². The van der Waals surface area contributed by atoms with E-state index < -0.39 is 0 Å². The molecule has 0 radical (unpaired) electrons. The third kappa shape index (κ3) is 3.36. The van der Waals surface area contributed by atoms with Crippen LogP contribution in [0.25, 0.3) is 21.9 Å². The number of nitriles is 1. The van der Waals surface area contributed by atoms with Crippen LogP contribution in [0, 0.1) is 11.3 Å². The van der Waals surface area contributed by atoms with Crippen LogP contribution in [0.2, 0.25) is 0 Å². The highest BCUT2D eigenvalue weighted by molar-refractivity contribution is 5.88. The fourth-order valence-corrected chi connectivity index (χ4v) is 5.33. The van der Waals surface area contributed by atoms with Gasteiger partial charge in [0.1, 0.15) is 17.3 Å². The second-order valence-corrected chi connectivity index (χ2v) is 9.21. The van der Waals surface area contributed by atoms with E-state index in [1.54, 1.807) is 16.8 Å². The van der Waals surface area contributed by atoms with Crippen LogP contribution >= 0.6 is 0 Å². The third-order valence-electron chi connectivity index (χ3n) is 7.01. The summed E-state index contributed by atoms with van der Waals surface area (Å²) in [5, 5.41) is 14.7. The number of anilines is 2. The van der Waals surface area contributed by atoms with Gasteiger partial charge in [-0.05, 0) is 43.7 Å². The Bertz CT molecular complexity index is 1490. The van der Waals surface area contributed by atoms with Gasteiger partial charge in [0.15, 0.2) is 0 Å². The van der Waals surface area contributed by atoms with Gasteiger partial charge >= 0.3 is 0 Å². The number of hydrogen-bond donors (Lipinski definition) is 2. The molecule has 6 rings (SSSR count). The monoisotopic (exact) mass is 439 g/mol. The maximum absolute atomic E-state index is 13.0. The van der Waals surface area contributed by atoms with Crippen molar-refractivity contribution < 1.29 is 0 Å². The Balaban J connectivity index is 1.40. The average molecular weight is 440 g/mol. The Morgan fingerprint density at radius 1 is 1.24 bits per heavy atom. The van der Waals surface area contributed by atoms with E-state index in [1.807, 2.05) is 12.1 Å². The molecule has 1 saturated carbocycles. The van der Waals surface area contributed by atoms with Gasteiger partial charge in [0.05, 0.1) is 0 Å². The highest BCUT2D eigenvalue weighted by Gasteiger charge is 2.23. The van der Waals surface area contributed by atoms with Crippen LogP contribution in [0.3, 0.4) is 0 Å². The molecule has 8 nitrogen and oxygen atoms in total. The van der Waals surface area contributed by atoms with Crippen LogP contribution in [0.15, 0.2) is 35.3 Å². The van der Waals surface area contributed by atoms with E-state index in [-0.39, 0.29) is 17.2 Å². The summed E-state index contributed by atoms with van der Waals surface area (Å²) < 4.78 is 1.71. The van der Waals surface area contributed by atoms with E-state index in [1.165, 1.54) is 16.6 Å². The predicted molar refractivity (Wildman–Crippen MR) is 128 cm³/mol. The summed E-state index contributed by atoms with van der Waals surface area (Å²) in [6.07, 6.45) is 6.75. The van der Waals surface area contributed by atoms with Crippen LogP contribution in [0.1, 0.15) is 48.5 Å². The van der Waals surface area contributed by atoms with Gasteiger partial charge in [0, 0.05) is 59.4 Å². The first-order valence-electron chi connectivity index (χ1n) is 11.5. The molecule has 8 heteroatoms. The normalized spacial score (nSPS) is 16.8. The molecule has 3 aromatic heterocycles. The molecule has 0 atom stereocenters. The average Bonchev–Trinajstić information content (AvgIpc) is 3.46. The maximum atomic E-state index is 13.0. The minimum absolute atomic E-state index is 0.0794. The number of pyridine rings is 1. The smallest absolute Gasteiger partial charge is 0.270 e. The van der Waals surface area contributed by atoms with Crippen molar-refractivity contribution in [1.82, 2.24) is 24.4 Å². The summed E-state index contributed by atoms with van der Waals surface area (Å²) in [5.74, 6) is 0.439. The van der Waals surface area contributed by atoms with Gasteiger partial charge in [-0.3, -0.25) is 9.36 Å². The summed E-state index contributed by atoms with van der Waals surface area (Å²) in [6.45, 7) is 2.02. The lowest BCUT2D eigenvalue weighted by Crippen LogP contribution is -2.26. The number of aromatic nitrogens is 4. The van der Waals surface area contributed by atoms with Gasteiger partial charge in [-0.25, -0.2) is 4.98 Å². The summed E-state index contributed by atoms with van der Waals surface area (Å²) in [6, 6.07) is 9.98. The van der Waals surface area contributed by atoms with Gasteiger partial charge in [0.2, 0.25) is 5.95 Å². The molecule has 0 bridgehead atoms. The minimum atomic E-state index is -0.259. The summed E-state index contributed by atoms with van der Waals surface area (Å²) in [5.41, 5.74) is 5.15. The van der Waals surface area contributed by atoms with Crippen LogP contribution < -0.4 is 10.9 Å². The molecule has 0 saturated heterocycles. The SMILES string of the molecule is CN1CCc2[nH]c3cc(Nc4ncc5cc(C#N)c(=O)n(C6CCCC6)c5n4)ccc3c2C1. The van der Waals surface area contributed by atoms with E-state index in [9.17, 15) is 10.1 Å². The van der Waals surface area contributed by atoms with Crippen LogP contribution in [-0.4, -0.2) is 38.0 Å². The van der Waals surface area contributed by atoms with Gasteiger partial charge in [-0.15, -0.1) is 0 Å². The first-order valence-corrected chi connectivity index (χ1v) is 11.5. The van der Waals surface area contributed by atoms with Crippen molar-refractivity contribution in [3.63, 3.8) is 0 Å². The van der Waals surface area contributed by atoms with Crippen molar-refractivity contribution in [2.45, 2.75) is 44.7 Å². The number of nitrogens with zero attached hydrogens (tertiary/aromatic N) is 5. The Morgan fingerprint density at radius 3 is 2.91 bits per heavy atom. The number of benzene rings is 1. The molecule has 0 spiro atoms. The van der Waals surface area contributed by atoms with E-state index >= 15 is 0 Å². The number of rotatable bonds is 3. The zero-order valence-electron chi connectivity index (χ0n) is 18.6. The van der Waals surface area contributed by atoms with E-state index in [0.29, 0.717) is 17.0 Å². The van der Waals surface area contributed by atoms with E-state index in [4.69, 9.17) is 4.98 Å². The van der Waals surface area contributed by atoms with Crippen LogP contribution in [0.5, 0.6) is 0 Å². The second kappa shape index (κ2) is 7.71. The number of fused-ring (bicyclic) bond motifs is 4. The van der Waals surface area contributed by atoms with Crippen LogP contribution in [-0.2, 0) is 13.0 Å². The molecule has 4 heterocycles. The molecule has 33 heavy (non-hydrogen) atoms. The molecule has 0 unspecified atom stereocenters. The number of likely N-dealkylation sites (N-methyl/N-ethyl adjacent to an activating group) is 1. The summed E-state index contributed by atoms with van der Waals surface area (Å²) in [7, 11) is 2.15. The molecule has 166 valence electrons. The van der Waals surface area contributed by atoms with Crippen molar-refractivity contribution in [3.8, 4) is 6.07 Å². The van der Waals surface area contributed by atoms with Crippen LogP contribution in [0.4, 0.5) is 11.6 Å². The molecule has 1 aliphatic carbocycles. The molecule has 0 amide bonds.